The van der Waals surface area contributed by atoms with Crippen LogP contribution in [0.5, 0.6) is 0 Å². The topological polar surface area (TPSA) is 56.7 Å². The first-order valence-corrected chi connectivity index (χ1v) is 5.45. The highest BCUT2D eigenvalue weighted by molar-refractivity contribution is 5.74. The molecule has 4 nitrogen and oxygen atoms in total. The zero-order valence-electron chi connectivity index (χ0n) is 9.99. The zero-order valence-corrected chi connectivity index (χ0v) is 9.99. The molecule has 18 heavy (non-hydrogen) atoms. The second-order valence-corrected chi connectivity index (χ2v) is 4.36. The fraction of sp³-hybridized carbons (Fsp3) is 0.455. The predicted molar refractivity (Wildman–Crippen MR) is 62.1 cm³/mol. The first-order valence-electron chi connectivity index (χ1n) is 5.45. The Kier molecular flexibility index (Phi) is 2.92. The van der Waals surface area contributed by atoms with Gasteiger partial charge in [-0.25, -0.2) is 9.97 Å². The predicted octanol–water partition coefficient (Wildman–Crippen LogP) is 2.84. The van der Waals surface area contributed by atoms with Gasteiger partial charge in [0.2, 0.25) is 5.95 Å². The molecule has 98 valence electrons. The molecule has 0 fully saturated rings. The molecule has 0 saturated heterocycles. The fourth-order valence-electron chi connectivity index (χ4n) is 1.96. The van der Waals surface area contributed by atoms with E-state index in [0.29, 0.717) is 11.2 Å². The van der Waals surface area contributed by atoms with Crippen molar-refractivity contribution in [2.24, 2.45) is 0 Å². The van der Waals surface area contributed by atoms with Gasteiger partial charge in [0.05, 0.1) is 6.42 Å². The lowest BCUT2D eigenvalue weighted by Crippen LogP contribution is -2.18. The molecule has 2 heterocycles. The van der Waals surface area contributed by atoms with Gasteiger partial charge in [-0.2, -0.15) is 13.2 Å². The summed E-state index contributed by atoms with van der Waals surface area (Å²) in [6.07, 6.45) is -3.62. The van der Waals surface area contributed by atoms with E-state index in [-0.39, 0.29) is 5.95 Å². The highest BCUT2D eigenvalue weighted by Crippen LogP contribution is 2.31. The monoisotopic (exact) mass is 258 g/mol. The summed E-state index contributed by atoms with van der Waals surface area (Å²) >= 11 is 0. The van der Waals surface area contributed by atoms with Crippen LogP contribution in [0.3, 0.4) is 0 Å². The Morgan fingerprint density at radius 3 is 2.72 bits per heavy atom. The number of imidazole rings is 1. The summed E-state index contributed by atoms with van der Waals surface area (Å²) in [6, 6.07) is 0.917. The molecule has 0 spiro atoms. The quantitative estimate of drug-likeness (QED) is 0.901. The number of pyridine rings is 1. The third-order valence-electron chi connectivity index (χ3n) is 2.66. The van der Waals surface area contributed by atoms with Gasteiger partial charge in [0.15, 0.2) is 5.65 Å². The molecule has 2 N–H and O–H groups in total. The van der Waals surface area contributed by atoms with E-state index in [2.05, 4.69) is 9.97 Å². The number of rotatable bonds is 2. The molecular weight excluding hydrogens is 245 g/mol. The molecule has 2 rings (SSSR count). The Hall–Kier alpha value is -1.79. The minimum Gasteiger partial charge on any atom is -0.369 e. The number of aromatic nitrogens is 3. The van der Waals surface area contributed by atoms with Gasteiger partial charge in [-0.3, -0.25) is 4.57 Å². The number of nitrogens with two attached hydrogens (primary N) is 1. The Balaban J connectivity index is 2.47. The molecule has 0 saturated carbocycles. The summed E-state index contributed by atoms with van der Waals surface area (Å²) in [7, 11) is 0. The summed E-state index contributed by atoms with van der Waals surface area (Å²) in [5, 5.41) is 0. The number of anilines is 1. The lowest BCUT2D eigenvalue weighted by molar-refractivity contribution is -0.141. The Labute approximate surface area is 102 Å². The summed E-state index contributed by atoms with van der Waals surface area (Å²) in [5.74, 6) is 0.0554. The number of halogens is 3. The number of hydrogen-bond donors (Lipinski definition) is 1. The lowest BCUT2D eigenvalue weighted by atomic mass is 10.2. The van der Waals surface area contributed by atoms with Crippen LogP contribution < -0.4 is 5.73 Å². The fourth-order valence-corrected chi connectivity index (χ4v) is 1.96. The van der Waals surface area contributed by atoms with Crippen LogP contribution in [-0.4, -0.2) is 20.7 Å². The van der Waals surface area contributed by atoms with Crippen molar-refractivity contribution in [3.05, 3.63) is 17.8 Å². The molecule has 0 bridgehead atoms. The van der Waals surface area contributed by atoms with Crippen LogP contribution in [0.2, 0.25) is 0 Å². The first kappa shape index (κ1) is 12.7. The van der Waals surface area contributed by atoms with Gasteiger partial charge < -0.3 is 5.73 Å². The van der Waals surface area contributed by atoms with Gasteiger partial charge in [-0.05, 0) is 25.5 Å². The highest BCUT2D eigenvalue weighted by Gasteiger charge is 2.32. The number of aryl methyl sites for hydroxylation is 1. The number of nitrogens with zero attached hydrogens (tertiary/aromatic N) is 3. The van der Waals surface area contributed by atoms with E-state index in [4.69, 9.17) is 5.73 Å². The molecule has 0 aromatic carbocycles. The van der Waals surface area contributed by atoms with E-state index in [9.17, 15) is 13.2 Å². The molecule has 7 heteroatoms. The smallest absolute Gasteiger partial charge is 0.369 e. The molecule has 2 aromatic rings. The van der Waals surface area contributed by atoms with Crippen molar-refractivity contribution in [1.29, 1.82) is 0 Å². The van der Waals surface area contributed by atoms with Crippen molar-refractivity contribution in [2.45, 2.75) is 32.5 Å². The van der Waals surface area contributed by atoms with Crippen molar-refractivity contribution in [1.82, 2.24) is 14.5 Å². The number of alkyl halides is 3. The Morgan fingerprint density at radius 1 is 1.44 bits per heavy atom. The second kappa shape index (κ2) is 4.15. The van der Waals surface area contributed by atoms with Gasteiger partial charge in [0, 0.05) is 12.2 Å². The molecule has 0 aliphatic heterocycles. The van der Waals surface area contributed by atoms with E-state index in [1.54, 1.807) is 12.3 Å². The van der Waals surface area contributed by atoms with Crippen molar-refractivity contribution >= 4 is 17.1 Å². The SMILES string of the molecule is Cc1cnc2c(c1)nc(N)n2C(C)CC(F)(F)F. The summed E-state index contributed by atoms with van der Waals surface area (Å²) in [5.41, 5.74) is 7.45. The second-order valence-electron chi connectivity index (χ2n) is 4.36. The Morgan fingerprint density at radius 2 is 2.11 bits per heavy atom. The van der Waals surface area contributed by atoms with Crippen LogP contribution in [0.1, 0.15) is 24.9 Å². The number of fused-ring (bicyclic) bond motifs is 1. The molecule has 2 aromatic heterocycles. The summed E-state index contributed by atoms with van der Waals surface area (Å²) < 4.78 is 38.5. The van der Waals surface area contributed by atoms with Crippen LogP contribution in [-0.2, 0) is 0 Å². The molecular formula is C11H13F3N4. The third kappa shape index (κ3) is 2.39. The largest absolute Gasteiger partial charge is 0.391 e. The van der Waals surface area contributed by atoms with Crippen LogP contribution in [0.15, 0.2) is 12.3 Å². The lowest BCUT2D eigenvalue weighted by Gasteiger charge is -2.17. The first-order chi connectivity index (χ1) is 8.28. The summed E-state index contributed by atoms with van der Waals surface area (Å²) in [4.78, 5) is 8.14. The van der Waals surface area contributed by atoms with E-state index < -0.39 is 18.6 Å². The maximum atomic E-state index is 12.4. The van der Waals surface area contributed by atoms with Crippen LogP contribution >= 0.6 is 0 Å². The average molecular weight is 258 g/mol. The van der Waals surface area contributed by atoms with Gasteiger partial charge >= 0.3 is 6.18 Å². The Bertz CT molecular complexity index is 573. The maximum absolute atomic E-state index is 12.4. The van der Waals surface area contributed by atoms with E-state index >= 15 is 0 Å². The van der Waals surface area contributed by atoms with Crippen molar-refractivity contribution in [3.8, 4) is 0 Å². The molecule has 1 unspecified atom stereocenters. The third-order valence-corrected chi connectivity index (χ3v) is 2.66. The van der Waals surface area contributed by atoms with Gasteiger partial charge in [0.25, 0.3) is 0 Å². The zero-order chi connectivity index (χ0) is 13.5. The van der Waals surface area contributed by atoms with Crippen LogP contribution in [0.25, 0.3) is 11.2 Å². The normalized spacial score (nSPS) is 14.1. The number of hydrogen-bond acceptors (Lipinski definition) is 3. The van der Waals surface area contributed by atoms with Gasteiger partial charge in [-0.1, -0.05) is 0 Å². The number of nitrogen functional groups attached to an aromatic ring is 1. The average Bonchev–Trinajstić information content (AvgIpc) is 2.50. The van der Waals surface area contributed by atoms with Crippen LogP contribution in [0.4, 0.5) is 19.1 Å². The molecule has 0 amide bonds. The van der Waals surface area contributed by atoms with Crippen molar-refractivity contribution in [2.75, 3.05) is 5.73 Å². The minimum atomic E-state index is -4.24. The highest BCUT2D eigenvalue weighted by atomic mass is 19.4. The van der Waals surface area contributed by atoms with E-state index in [0.717, 1.165) is 5.56 Å². The van der Waals surface area contributed by atoms with Gasteiger partial charge in [-0.15, -0.1) is 0 Å². The van der Waals surface area contributed by atoms with Gasteiger partial charge in [0.1, 0.15) is 5.52 Å². The van der Waals surface area contributed by atoms with Crippen molar-refractivity contribution < 1.29 is 13.2 Å². The minimum absolute atomic E-state index is 0.0554. The molecule has 1 atom stereocenters. The maximum Gasteiger partial charge on any atom is 0.391 e. The molecule has 0 aliphatic carbocycles. The van der Waals surface area contributed by atoms with Crippen LogP contribution in [0, 0.1) is 6.92 Å². The molecule has 0 aliphatic rings. The molecule has 0 radical (unpaired) electrons. The van der Waals surface area contributed by atoms with Crippen molar-refractivity contribution in [3.63, 3.8) is 0 Å². The standard InChI is InChI=1S/C11H13F3N4/c1-6-3-8-9(16-5-6)18(10(15)17-8)7(2)4-11(12,13)14/h3,5,7H,4H2,1-2H3,(H2,15,17). The summed E-state index contributed by atoms with van der Waals surface area (Å²) in [6.45, 7) is 3.29. The van der Waals surface area contributed by atoms with E-state index in [1.165, 1.54) is 11.5 Å². The van der Waals surface area contributed by atoms with E-state index in [1.807, 2.05) is 6.92 Å².